The number of hydrogen-bond acceptors (Lipinski definition) is 4. The first-order chi connectivity index (χ1) is 6.26. The molecule has 0 heterocycles. The maximum Gasteiger partial charge on any atom is 0.326 e. The monoisotopic (exact) mass is 242 g/mol. The Labute approximate surface area is 85.3 Å². The highest BCUT2D eigenvalue weighted by Gasteiger charge is 2.16. The molecule has 4 nitrogen and oxygen atoms in total. The molecule has 0 saturated heterocycles. The fourth-order valence-electron chi connectivity index (χ4n) is 0.891. The van der Waals surface area contributed by atoms with Gasteiger partial charge >= 0.3 is 5.97 Å². The Kier molecular flexibility index (Phi) is 9.73. The molecule has 0 aromatic heterocycles. The largest absolute Gasteiger partial charge is 0.443 e. The standard InChI is InChI=1S/C6H17N2O2P3/c7-4-2-1-3-5(8-11)6(9)10-13-12/h5,8,13H,1-4,7,11-12H2. The highest BCUT2D eigenvalue weighted by Crippen LogP contribution is 2.22. The lowest BCUT2D eigenvalue weighted by atomic mass is 10.1. The molecule has 0 fully saturated rings. The molecule has 13 heavy (non-hydrogen) atoms. The van der Waals surface area contributed by atoms with Gasteiger partial charge in [0.1, 0.15) is 6.04 Å². The van der Waals surface area contributed by atoms with Crippen molar-refractivity contribution in [2.75, 3.05) is 6.54 Å². The van der Waals surface area contributed by atoms with E-state index in [2.05, 4.69) is 23.4 Å². The Balaban J connectivity index is 3.67. The van der Waals surface area contributed by atoms with E-state index in [0.29, 0.717) is 6.54 Å². The highest BCUT2D eigenvalue weighted by molar-refractivity contribution is 8.00. The summed E-state index contributed by atoms with van der Waals surface area (Å²) in [6, 6.07) is -0.218. The number of nitrogens with one attached hydrogen (secondary N) is 1. The van der Waals surface area contributed by atoms with Crippen molar-refractivity contribution in [3.05, 3.63) is 0 Å². The second-order valence-corrected chi connectivity index (χ2v) is 4.02. The minimum absolute atomic E-state index is 0.132. The third kappa shape index (κ3) is 6.71. The molecular formula is C6H17N2O2P3. The van der Waals surface area contributed by atoms with Crippen molar-refractivity contribution in [2.45, 2.75) is 25.3 Å². The van der Waals surface area contributed by atoms with Crippen molar-refractivity contribution in [2.24, 2.45) is 5.73 Å². The lowest BCUT2D eigenvalue weighted by Crippen LogP contribution is -2.30. The topological polar surface area (TPSA) is 64.3 Å². The van der Waals surface area contributed by atoms with Crippen LogP contribution >= 0.6 is 26.8 Å². The summed E-state index contributed by atoms with van der Waals surface area (Å²) in [5.74, 6) is -0.194. The molecule has 4 atom stereocenters. The molecular weight excluding hydrogens is 225 g/mol. The Morgan fingerprint density at radius 2 is 2.31 bits per heavy atom. The molecule has 0 aromatic rings. The minimum Gasteiger partial charge on any atom is -0.443 e. The van der Waals surface area contributed by atoms with Crippen molar-refractivity contribution in [1.29, 1.82) is 0 Å². The molecule has 7 heteroatoms. The van der Waals surface area contributed by atoms with E-state index in [-0.39, 0.29) is 20.5 Å². The van der Waals surface area contributed by atoms with Gasteiger partial charge in [-0.05, 0) is 19.4 Å². The van der Waals surface area contributed by atoms with Crippen molar-refractivity contribution in [1.82, 2.24) is 5.09 Å². The molecule has 78 valence electrons. The predicted molar refractivity (Wildman–Crippen MR) is 63.7 cm³/mol. The third-order valence-corrected chi connectivity index (χ3v) is 2.67. The zero-order chi connectivity index (χ0) is 10.1. The maximum absolute atomic E-state index is 11.2. The fourth-order valence-corrected chi connectivity index (χ4v) is 1.80. The number of rotatable bonds is 7. The summed E-state index contributed by atoms with van der Waals surface area (Å²) in [5, 5.41) is 2.84. The summed E-state index contributed by atoms with van der Waals surface area (Å²) >= 11 is 0. The lowest BCUT2D eigenvalue weighted by Gasteiger charge is -2.13. The van der Waals surface area contributed by atoms with E-state index in [4.69, 9.17) is 10.3 Å². The molecule has 0 rings (SSSR count). The van der Waals surface area contributed by atoms with Crippen LogP contribution in [-0.2, 0) is 9.32 Å². The molecule has 0 saturated carbocycles. The summed E-state index contributed by atoms with van der Waals surface area (Å²) in [5.41, 5.74) is 5.35. The Hall–Kier alpha value is 0.680. The van der Waals surface area contributed by atoms with E-state index in [1.165, 1.54) is 0 Å². The van der Waals surface area contributed by atoms with Crippen molar-refractivity contribution >= 4 is 32.8 Å². The third-order valence-electron chi connectivity index (χ3n) is 1.59. The second-order valence-electron chi connectivity index (χ2n) is 2.54. The summed E-state index contributed by atoms with van der Waals surface area (Å²) in [6.07, 6.45) is 2.66. The van der Waals surface area contributed by atoms with Gasteiger partial charge in [-0.25, -0.2) is 0 Å². The number of carbonyl (C=O) groups excluding carboxylic acids is 1. The van der Waals surface area contributed by atoms with Gasteiger partial charge in [-0.1, -0.05) is 24.7 Å². The van der Waals surface area contributed by atoms with Crippen LogP contribution in [0.25, 0.3) is 0 Å². The van der Waals surface area contributed by atoms with E-state index >= 15 is 0 Å². The molecule has 3 N–H and O–H groups in total. The zero-order valence-corrected chi connectivity index (χ0v) is 10.8. The van der Waals surface area contributed by atoms with Gasteiger partial charge in [-0.15, -0.1) is 0 Å². The van der Waals surface area contributed by atoms with Gasteiger partial charge in [0.2, 0.25) is 0 Å². The predicted octanol–water partition coefficient (Wildman–Crippen LogP) is 0.790. The highest BCUT2D eigenvalue weighted by atomic mass is 32.0. The van der Waals surface area contributed by atoms with Crippen LogP contribution in [0.5, 0.6) is 0 Å². The minimum atomic E-state index is -0.218. The van der Waals surface area contributed by atoms with Gasteiger partial charge in [-0.2, -0.15) is 0 Å². The quantitative estimate of drug-likeness (QED) is 0.511. The van der Waals surface area contributed by atoms with E-state index in [0.717, 1.165) is 19.3 Å². The molecule has 0 amide bonds. The number of unbranched alkanes of at least 4 members (excludes halogenated alkanes) is 1. The first kappa shape index (κ1) is 13.7. The summed E-state index contributed by atoms with van der Waals surface area (Å²) < 4.78 is 4.87. The van der Waals surface area contributed by atoms with Crippen LogP contribution in [0.3, 0.4) is 0 Å². The zero-order valence-electron chi connectivity index (χ0n) is 7.45. The van der Waals surface area contributed by atoms with Crippen LogP contribution in [0.15, 0.2) is 0 Å². The summed E-state index contributed by atoms with van der Waals surface area (Å²) in [7, 11) is 4.85. The Bertz CT molecular complexity index is 148. The van der Waals surface area contributed by atoms with Crippen molar-refractivity contribution < 1.29 is 9.32 Å². The second kappa shape index (κ2) is 9.24. The first-order valence-corrected chi connectivity index (χ1v) is 7.38. The van der Waals surface area contributed by atoms with E-state index in [1.807, 2.05) is 0 Å². The van der Waals surface area contributed by atoms with Gasteiger partial charge in [0.05, 0.1) is 8.50 Å². The Morgan fingerprint density at radius 1 is 1.62 bits per heavy atom. The van der Waals surface area contributed by atoms with Gasteiger partial charge in [0, 0.05) is 0 Å². The number of carbonyl (C=O) groups is 1. The lowest BCUT2D eigenvalue weighted by molar-refractivity contribution is -0.135. The molecule has 0 aliphatic rings. The van der Waals surface area contributed by atoms with Crippen LogP contribution in [0.2, 0.25) is 0 Å². The maximum atomic E-state index is 11.2. The molecule has 4 unspecified atom stereocenters. The average Bonchev–Trinajstić information content (AvgIpc) is 2.13. The van der Waals surface area contributed by atoms with Gasteiger partial charge in [0.25, 0.3) is 0 Å². The molecule has 0 bridgehead atoms. The van der Waals surface area contributed by atoms with E-state index in [1.54, 1.807) is 0 Å². The molecule has 0 aliphatic heterocycles. The van der Waals surface area contributed by atoms with Crippen LogP contribution in [0, 0.1) is 0 Å². The van der Waals surface area contributed by atoms with Crippen LogP contribution in [-0.4, -0.2) is 18.6 Å². The van der Waals surface area contributed by atoms with Crippen LogP contribution in [0.1, 0.15) is 19.3 Å². The smallest absolute Gasteiger partial charge is 0.326 e. The van der Waals surface area contributed by atoms with E-state index in [9.17, 15) is 4.79 Å². The Morgan fingerprint density at radius 3 is 2.77 bits per heavy atom. The average molecular weight is 242 g/mol. The van der Waals surface area contributed by atoms with Crippen LogP contribution < -0.4 is 10.8 Å². The summed E-state index contributed by atoms with van der Waals surface area (Å²) in [6.45, 7) is 0.671. The number of hydrogen-bond donors (Lipinski definition) is 2. The molecule has 0 aromatic carbocycles. The van der Waals surface area contributed by atoms with E-state index < -0.39 is 0 Å². The normalized spacial score (nSPS) is 13.5. The van der Waals surface area contributed by atoms with Crippen LogP contribution in [0.4, 0.5) is 0 Å². The van der Waals surface area contributed by atoms with Crippen molar-refractivity contribution in [3.8, 4) is 0 Å². The van der Waals surface area contributed by atoms with Gasteiger partial charge < -0.3 is 10.3 Å². The van der Waals surface area contributed by atoms with Gasteiger partial charge in [0.15, 0.2) is 0 Å². The summed E-state index contributed by atoms with van der Waals surface area (Å²) in [4.78, 5) is 11.2. The number of nitrogens with two attached hydrogens (primary N) is 1. The SMILES string of the molecule is NCCCCC(NP)C(=O)OPP. The molecule has 0 radical (unpaired) electrons. The van der Waals surface area contributed by atoms with Gasteiger partial charge in [-0.3, -0.25) is 9.88 Å². The van der Waals surface area contributed by atoms with Crippen molar-refractivity contribution in [3.63, 3.8) is 0 Å². The fraction of sp³-hybridized carbons (Fsp3) is 0.833. The molecule has 0 spiro atoms. The first-order valence-electron chi connectivity index (χ1n) is 4.08. The molecule has 0 aliphatic carbocycles.